The number of carbonyl (C=O) groups excluding carboxylic acids is 1. The lowest BCUT2D eigenvalue weighted by Crippen LogP contribution is -2.53. The highest BCUT2D eigenvalue weighted by Gasteiger charge is 2.32. The van der Waals surface area contributed by atoms with Gasteiger partial charge in [0.05, 0.1) is 18.2 Å². The molecular weight excluding hydrogens is 353 g/mol. The summed E-state index contributed by atoms with van der Waals surface area (Å²) in [5, 5.41) is 0. The van der Waals surface area contributed by atoms with Gasteiger partial charge in [0.1, 0.15) is 0 Å². The molecule has 1 aliphatic rings. The number of rotatable bonds is 3. The van der Waals surface area contributed by atoms with Gasteiger partial charge in [0.25, 0.3) is 0 Å². The quantitative estimate of drug-likeness (QED) is 0.603. The number of hydrogen-bond acceptors (Lipinski definition) is 3. The fourth-order valence-corrected chi connectivity index (χ4v) is 3.00. The maximum atomic E-state index is 12.3. The van der Waals surface area contributed by atoms with Crippen molar-refractivity contribution in [3.05, 3.63) is 33.4 Å². The van der Waals surface area contributed by atoms with E-state index < -0.39 is 0 Å². The summed E-state index contributed by atoms with van der Waals surface area (Å²) in [7, 11) is 0. The van der Waals surface area contributed by atoms with Crippen molar-refractivity contribution in [1.29, 1.82) is 0 Å². The van der Waals surface area contributed by atoms with Gasteiger partial charge in [-0.25, -0.2) is 0 Å². The number of Topliss-reactive ketones (excluding diaryl/α,β-unsaturated/α-hetero) is 1. The number of hydrogen-bond donors (Lipinski definition) is 0. The number of halogens is 1. The van der Waals surface area contributed by atoms with Crippen LogP contribution in [-0.4, -0.2) is 42.0 Å². The predicted molar refractivity (Wildman–Crippen MR) is 84.6 cm³/mol. The largest absolute Gasteiger partial charge is 0.370 e. The number of morpholine rings is 1. The van der Waals surface area contributed by atoms with Crippen LogP contribution in [0.15, 0.2) is 24.3 Å². The molecule has 1 aromatic carbocycles. The van der Waals surface area contributed by atoms with Crippen LogP contribution in [0.3, 0.4) is 0 Å². The number of ether oxygens (including phenoxy) is 1. The van der Waals surface area contributed by atoms with Crippen LogP contribution in [0.2, 0.25) is 0 Å². The van der Waals surface area contributed by atoms with Crippen molar-refractivity contribution in [3.8, 4) is 0 Å². The Morgan fingerprint density at radius 2 is 2.05 bits per heavy atom. The zero-order valence-corrected chi connectivity index (χ0v) is 13.8. The lowest BCUT2D eigenvalue weighted by Gasteiger charge is -2.41. The van der Waals surface area contributed by atoms with E-state index in [1.807, 2.05) is 24.3 Å². The fraction of sp³-hybridized carbons (Fsp3) is 0.533. The molecule has 0 bridgehead atoms. The molecule has 0 radical (unpaired) electrons. The van der Waals surface area contributed by atoms with E-state index in [1.54, 1.807) is 0 Å². The minimum Gasteiger partial charge on any atom is -0.370 e. The smallest absolute Gasteiger partial charge is 0.176 e. The Labute approximate surface area is 128 Å². The SMILES string of the molecule is CC1CN(CC(=O)c2ccc(I)cc2)CC(C)(C)O1. The summed E-state index contributed by atoms with van der Waals surface area (Å²) in [6, 6.07) is 7.75. The normalized spacial score (nSPS) is 23.3. The van der Waals surface area contributed by atoms with Gasteiger partial charge in [-0.2, -0.15) is 0 Å². The van der Waals surface area contributed by atoms with Crippen molar-refractivity contribution >= 4 is 28.4 Å². The lowest BCUT2D eigenvalue weighted by atomic mass is 10.0. The molecule has 1 saturated heterocycles. The Hall–Kier alpha value is -0.460. The summed E-state index contributed by atoms with van der Waals surface area (Å²) in [6.45, 7) is 8.30. The molecule has 4 heteroatoms. The standard InChI is InChI=1S/C15H20INO2/c1-11-8-17(10-15(2,3)19-11)9-14(18)12-4-6-13(16)7-5-12/h4-7,11H,8-10H2,1-3H3. The van der Waals surface area contributed by atoms with E-state index in [0.717, 1.165) is 22.2 Å². The first-order valence-electron chi connectivity index (χ1n) is 6.55. The van der Waals surface area contributed by atoms with Gasteiger partial charge in [-0.3, -0.25) is 9.69 Å². The molecule has 1 atom stereocenters. The average Bonchev–Trinajstić information content (AvgIpc) is 2.26. The Morgan fingerprint density at radius 1 is 1.42 bits per heavy atom. The van der Waals surface area contributed by atoms with Crippen LogP contribution in [0, 0.1) is 3.57 Å². The summed E-state index contributed by atoms with van der Waals surface area (Å²) < 4.78 is 7.00. The van der Waals surface area contributed by atoms with Crippen LogP contribution in [0.5, 0.6) is 0 Å². The van der Waals surface area contributed by atoms with Gasteiger partial charge in [-0.15, -0.1) is 0 Å². The fourth-order valence-electron chi connectivity index (χ4n) is 2.64. The van der Waals surface area contributed by atoms with E-state index in [2.05, 4.69) is 48.3 Å². The highest BCUT2D eigenvalue weighted by Crippen LogP contribution is 2.21. The Kier molecular flexibility index (Phi) is 4.63. The third kappa shape index (κ3) is 4.26. The summed E-state index contributed by atoms with van der Waals surface area (Å²) in [5.74, 6) is 0.182. The van der Waals surface area contributed by atoms with Crippen molar-refractivity contribution in [2.45, 2.75) is 32.5 Å². The molecule has 104 valence electrons. The monoisotopic (exact) mass is 373 g/mol. The first-order chi connectivity index (χ1) is 8.85. The molecule has 1 heterocycles. The van der Waals surface area contributed by atoms with Crippen LogP contribution in [-0.2, 0) is 4.74 Å². The summed E-state index contributed by atoms with van der Waals surface area (Å²) in [4.78, 5) is 14.4. The second-order valence-electron chi connectivity index (χ2n) is 5.79. The lowest BCUT2D eigenvalue weighted by molar-refractivity contribution is -0.126. The second kappa shape index (κ2) is 5.89. The third-order valence-corrected chi connectivity index (χ3v) is 3.89. The van der Waals surface area contributed by atoms with Crippen molar-refractivity contribution in [3.63, 3.8) is 0 Å². The zero-order valence-electron chi connectivity index (χ0n) is 11.6. The molecule has 0 saturated carbocycles. The van der Waals surface area contributed by atoms with Gasteiger partial charge < -0.3 is 4.74 Å². The maximum Gasteiger partial charge on any atom is 0.176 e. The molecule has 1 unspecified atom stereocenters. The van der Waals surface area contributed by atoms with Gasteiger partial charge in [-0.1, -0.05) is 12.1 Å². The van der Waals surface area contributed by atoms with E-state index in [-0.39, 0.29) is 17.5 Å². The first kappa shape index (κ1) is 14.9. The molecule has 0 amide bonds. The highest BCUT2D eigenvalue weighted by atomic mass is 127. The molecule has 1 fully saturated rings. The van der Waals surface area contributed by atoms with Crippen molar-refractivity contribution in [1.82, 2.24) is 4.90 Å². The number of benzene rings is 1. The number of ketones is 1. The maximum absolute atomic E-state index is 12.3. The molecule has 3 nitrogen and oxygen atoms in total. The van der Waals surface area contributed by atoms with E-state index in [4.69, 9.17) is 4.74 Å². The summed E-state index contributed by atoms with van der Waals surface area (Å²) >= 11 is 2.24. The van der Waals surface area contributed by atoms with Gasteiger partial charge in [-0.05, 0) is 55.5 Å². The van der Waals surface area contributed by atoms with E-state index >= 15 is 0 Å². The Balaban J connectivity index is 2.00. The average molecular weight is 373 g/mol. The van der Waals surface area contributed by atoms with E-state index in [1.165, 1.54) is 0 Å². The van der Waals surface area contributed by atoms with E-state index in [0.29, 0.717) is 6.54 Å². The van der Waals surface area contributed by atoms with Gasteiger partial charge >= 0.3 is 0 Å². The summed E-state index contributed by atoms with van der Waals surface area (Å²) in [6.07, 6.45) is 0.174. The van der Waals surface area contributed by atoms with Crippen LogP contribution in [0.4, 0.5) is 0 Å². The van der Waals surface area contributed by atoms with Crippen LogP contribution < -0.4 is 0 Å². The molecular formula is C15H20INO2. The van der Waals surface area contributed by atoms with Gasteiger partial charge in [0.2, 0.25) is 0 Å². The number of nitrogens with zero attached hydrogens (tertiary/aromatic N) is 1. The Morgan fingerprint density at radius 3 is 2.63 bits per heavy atom. The minimum atomic E-state index is -0.177. The van der Waals surface area contributed by atoms with Crippen LogP contribution in [0.1, 0.15) is 31.1 Å². The van der Waals surface area contributed by atoms with Crippen molar-refractivity contribution in [2.75, 3.05) is 19.6 Å². The van der Waals surface area contributed by atoms with Crippen LogP contribution in [0.25, 0.3) is 0 Å². The zero-order chi connectivity index (χ0) is 14.0. The van der Waals surface area contributed by atoms with E-state index in [9.17, 15) is 4.79 Å². The highest BCUT2D eigenvalue weighted by molar-refractivity contribution is 14.1. The topological polar surface area (TPSA) is 29.5 Å². The molecule has 0 aromatic heterocycles. The molecule has 19 heavy (non-hydrogen) atoms. The first-order valence-corrected chi connectivity index (χ1v) is 7.62. The second-order valence-corrected chi connectivity index (χ2v) is 7.03. The molecule has 0 aliphatic carbocycles. The predicted octanol–water partition coefficient (Wildman–Crippen LogP) is 2.97. The molecule has 0 spiro atoms. The molecule has 0 N–H and O–H groups in total. The minimum absolute atomic E-state index is 0.174. The van der Waals surface area contributed by atoms with Crippen molar-refractivity contribution < 1.29 is 9.53 Å². The molecule has 1 aromatic rings. The summed E-state index contributed by atoms with van der Waals surface area (Å²) in [5.41, 5.74) is 0.613. The molecule has 2 rings (SSSR count). The van der Waals surface area contributed by atoms with Gasteiger partial charge in [0.15, 0.2) is 5.78 Å². The van der Waals surface area contributed by atoms with Crippen molar-refractivity contribution in [2.24, 2.45) is 0 Å². The molecule has 1 aliphatic heterocycles. The third-order valence-electron chi connectivity index (χ3n) is 3.17. The Bertz CT molecular complexity index is 456. The van der Waals surface area contributed by atoms with Crippen LogP contribution >= 0.6 is 22.6 Å². The van der Waals surface area contributed by atoms with Gasteiger partial charge in [0, 0.05) is 22.2 Å². The number of carbonyl (C=O) groups is 1.